The molecule has 3 rings (SSSR count). The maximum absolute atomic E-state index is 11.0. The van der Waals surface area contributed by atoms with E-state index in [4.69, 9.17) is 0 Å². The second-order valence-corrected chi connectivity index (χ2v) is 7.28. The van der Waals surface area contributed by atoms with E-state index in [0.717, 1.165) is 17.4 Å². The van der Waals surface area contributed by atoms with E-state index in [1.807, 2.05) is 0 Å². The molecule has 22 heavy (non-hydrogen) atoms. The van der Waals surface area contributed by atoms with Crippen LogP contribution in [0.5, 0.6) is 0 Å². The fourth-order valence-corrected chi connectivity index (χ4v) is 3.22. The van der Waals surface area contributed by atoms with Gasteiger partial charge in [-0.1, -0.05) is 69.3 Å². The summed E-state index contributed by atoms with van der Waals surface area (Å²) in [6.07, 6.45) is 4.84. The number of rotatable bonds is 2. The number of hydrogen-bond donors (Lipinski definition) is 1. The zero-order valence-corrected chi connectivity index (χ0v) is 13.9. The Morgan fingerprint density at radius 2 is 1.77 bits per heavy atom. The van der Waals surface area contributed by atoms with Crippen molar-refractivity contribution in [3.63, 3.8) is 0 Å². The fraction of sp³-hybridized carbons (Fsp3) is 0.333. The summed E-state index contributed by atoms with van der Waals surface area (Å²) < 4.78 is 0. The van der Waals surface area contributed by atoms with Gasteiger partial charge in [-0.05, 0) is 51.8 Å². The molecule has 0 bridgehead atoms. The highest BCUT2D eigenvalue weighted by atomic mass is 16.3. The van der Waals surface area contributed by atoms with Gasteiger partial charge in [0.2, 0.25) is 0 Å². The molecule has 114 valence electrons. The van der Waals surface area contributed by atoms with Crippen molar-refractivity contribution >= 4 is 16.3 Å². The standard InChI is InChI=1S/C21H24O/c1-14-8-7-11-16(14)18-13-12-15-9-5-6-10-17(15)19(18)20(22)21(2,3)4/h5-10,12-13,20,22H,11H2,1-4H3. The summed E-state index contributed by atoms with van der Waals surface area (Å²) >= 11 is 0. The lowest BCUT2D eigenvalue weighted by Crippen LogP contribution is -2.19. The molecule has 1 aliphatic carbocycles. The number of allylic oxidation sites excluding steroid dienone is 4. The van der Waals surface area contributed by atoms with Gasteiger partial charge in [-0.3, -0.25) is 0 Å². The molecular weight excluding hydrogens is 268 g/mol. The predicted octanol–water partition coefficient (Wildman–Crippen LogP) is 5.65. The van der Waals surface area contributed by atoms with Gasteiger partial charge in [0.15, 0.2) is 0 Å². The van der Waals surface area contributed by atoms with Gasteiger partial charge in [-0.25, -0.2) is 0 Å². The number of aliphatic hydroxyl groups is 1. The monoisotopic (exact) mass is 292 g/mol. The van der Waals surface area contributed by atoms with E-state index in [1.54, 1.807) is 0 Å². The highest BCUT2D eigenvalue weighted by Crippen LogP contribution is 2.42. The zero-order chi connectivity index (χ0) is 15.9. The van der Waals surface area contributed by atoms with Gasteiger partial charge < -0.3 is 5.11 Å². The maximum Gasteiger partial charge on any atom is 0.0850 e. The third kappa shape index (κ3) is 2.50. The molecule has 0 fully saturated rings. The Morgan fingerprint density at radius 1 is 1.05 bits per heavy atom. The van der Waals surface area contributed by atoms with Crippen molar-refractivity contribution in [2.45, 2.75) is 40.2 Å². The molecule has 1 N–H and O–H groups in total. The lowest BCUT2D eigenvalue weighted by molar-refractivity contribution is 0.0637. The average Bonchev–Trinajstić information content (AvgIpc) is 2.90. The minimum absolute atomic E-state index is 0.195. The Balaban J connectivity index is 2.31. The summed E-state index contributed by atoms with van der Waals surface area (Å²) in [6, 6.07) is 12.7. The van der Waals surface area contributed by atoms with Crippen LogP contribution in [0.15, 0.2) is 54.1 Å². The van der Waals surface area contributed by atoms with Crippen molar-refractivity contribution < 1.29 is 5.11 Å². The van der Waals surface area contributed by atoms with Gasteiger partial charge in [0.1, 0.15) is 0 Å². The molecule has 0 radical (unpaired) electrons. The second kappa shape index (κ2) is 5.40. The Bertz CT molecular complexity index is 772. The van der Waals surface area contributed by atoms with Gasteiger partial charge in [0.05, 0.1) is 6.10 Å². The Hall–Kier alpha value is -1.86. The van der Waals surface area contributed by atoms with Crippen LogP contribution in [0.1, 0.15) is 51.3 Å². The molecule has 0 aromatic heterocycles. The first kappa shape index (κ1) is 15.1. The molecule has 1 nitrogen and oxygen atoms in total. The highest BCUT2D eigenvalue weighted by Gasteiger charge is 2.29. The summed E-state index contributed by atoms with van der Waals surface area (Å²) in [5.41, 5.74) is 4.72. The first-order valence-corrected chi connectivity index (χ1v) is 7.96. The fourth-order valence-electron chi connectivity index (χ4n) is 3.22. The summed E-state index contributed by atoms with van der Waals surface area (Å²) in [4.78, 5) is 0. The minimum atomic E-state index is -0.491. The summed E-state index contributed by atoms with van der Waals surface area (Å²) in [5, 5.41) is 13.4. The zero-order valence-electron chi connectivity index (χ0n) is 13.9. The summed E-state index contributed by atoms with van der Waals surface area (Å²) in [7, 11) is 0. The first-order chi connectivity index (χ1) is 10.4. The van der Waals surface area contributed by atoms with Crippen LogP contribution in [0.4, 0.5) is 0 Å². The number of fused-ring (bicyclic) bond motifs is 1. The third-order valence-corrected chi connectivity index (χ3v) is 4.56. The molecule has 0 spiro atoms. The van der Waals surface area contributed by atoms with Crippen LogP contribution in [0.2, 0.25) is 0 Å². The predicted molar refractivity (Wildman–Crippen MR) is 94.7 cm³/mol. The van der Waals surface area contributed by atoms with E-state index in [-0.39, 0.29) is 5.41 Å². The Kier molecular flexibility index (Phi) is 3.70. The smallest absolute Gasteiger partial charge is 0.0850 e. The summed E-state index contributed by atoms with van der Waals surface area (Å²) in [5.74, 6) is 0. The van der Waals surface area contributed by atoms with Crippen molar-refractivity contribution in [2.24, 2.45) is 5.41 Å². The molecule has 1 atom stereocenters. The van der Waals surface area contributed by atoms with E-state index in [0.29, 0.717) is 0 Å². The quantitative estimate of drug-likeness (QED) is 0.758. The van der Waals surface area contributed by atoms with Crippen LogP contribution in [0, 0.1) is 5.41 Å². The van der Waals surface area contributed by atoms with Crippen LogP contribution in [-0.4, -0.2) is 5.11 Å². The van der Waals surface area contributed by atoms with E-state index in [2.05, 4.69) is 76.2 Å². The van der Waals surface area contributed by atoms with E-state index in [1.165, 1.54) is 22.1 Å². The molecule has 2 aromatic carbocycles. The normalized spacial score (nSPS) is 16.6. The Labute approximate surface area is 133 Å². The Morgan fingerprint density at radius 3 is 2.41 bits per heavy atom. The molecular formula is C21H24O. The molecule has 0 heterocycles. The lowest BCUT2D eigenvalue weighted by atomic mass is 9.79. The average molecular weight is 292 g/mol. The van der Waals surface area contributed by atoms with Crippen molar-refractivity contribution in [1.82, 2.24) is 0 Å². The van der Waals surface area contributed by atoms with E-state index < -0.39 is 6.10 Å². The molecule has 2 aromatic rings. The maximum atomic E-state index is 11.0. The number of hydrogen-bond acceptors (Lipinski definition) is 1. The number of benzene rings is 2. The van der Waals surface area contributed by atoms with E-state index in [9.17, 15) is 5.11 Å². The van der Waals surface area contributed by atoms with Crippen molar-refractivity contribution in [2.75, 3.05) is 0 Å². The van der Waals surface area contributed by atoms with Crippen LogP contribution in [-0.2, 0) is 0 Å². The van der Waals surface area contributed by atoms with Crippen LogP contribution in [0.3, 0.4) is 0 Å². The largest absolute Gasteiger partial charge is 0.388 e. The van der Waals surface area contributed by atoms with Gasteiger partial charge in [0, 0.05) is 0 Å². The molecule has 0 saturated carbocycles. The third-order valence-electron chi connectivity index (χ3n) is 4.56. The van der Waals surface area contributed by atoms with Gasteiger partial charge >= 0.3 is 0 Å². The summed E-state index contributed by atoms with van der Waals surface area (Å²) in [6.45, 7) is 8.44. The number of aliphatic hydroxyl groups excluding tert-OH is 1. The topological polar surface area (TPSA) is 20.2 Å². The van der Waals surface area contributed by atoms with Crippen LogP contribution in [0.25, 0.3) is 16.3 Å². The van der Waals surface area contributed by atoms with Gasteiger partial charge in [0.25, 0.3) is 0 Å². The second-order valence-electron chi connectivity index (χ2n) is 7.28. The highest BCUT2D eigenvalue weighted by molar-refractivity contribution is 5.92. The molecule has 1 aliphatic rings. The van der Waals surface area contributed by atoms with Crippen LogP contribution >= 0.6 is 0 Å². The van der Waals surface area contributed by atoms with Crippen molar-refractivity contribution in [3.8, 4) is 0 Å². The van der Waals surface area contributed by atoms with Gasteiger partial charge in [-0.2, -0.15) is 0 Å². The molecule has 1 unspecified atom stereocenters. The SMILES string of the molecule is CC1=C(c2ccc3ccccc3c2C(O)C(C)(C)C)CC=C1. The molecule has 0 amide bonds. The lowest BCUT2D eigenvalue weighted by Gasteiger charge is -2.29. The minimum Gasteiger partial charge on any atom is -0.388 e. The first-order valence-electron chi connectivity index (χ1n) is 7.96. The molecule has 0 aliphatic heterocycles. The van der Waals surface area contributed by atoms with Crippen molar-refractivity contribution in [1.29, 1.82) is 0 Å². The van der Waals surface area contributed by atoms with Crippen LogP contribution < -0.4 is 0 Å². The van der Waals surface area contributed by atoms with E-state index >= 15 is 0 Å². The molecule has 1 heteroatoms. The molecule has 0 saturated heterocycles. The van der Waals surface area contributed by atoms with Gasteiger partial charge in [-0.15, -0.1) is 0 Å². The van der Waals surface area contributed by atoms with Crippen molar-refractivity contribution in [3.05, 3.63) is 65.3 Å².